The topological polar surface area (TPSA) is 58.2 Å². The summed E-state index contributed by atoms with van der Waals surface area (Å²) in [7, 11) is 0. The summed E-state index contributed by atoms with van der Waals surface area (Å²) in [5.74, 6) is -0.273. The number of amides is 2. The highest BCUT2D eigenvalue weighted by molar-refractivity contribution is 6.04. The molecule has 0 bridgehead atoms. The van der Waals surface area contributed by atoms with E-state index in [0.717, 1.165) is 29.5 Å². The molecule has 1 aliphatic rings. The molecule has 1 saturated carbocycles. The fourth-order valence-corrected chi connectivity index (χ4v) is 3.11. The molecule has 0 aliphatic heterocycles. The Balaban J connectivity index is 1.41. The molecule has 4 heteroatoms. The van der Waals surface area contributed by atoms with Crippen LogP contribution in [0, 0.1) is 0 Å². The van der Waals surface area contributed by atoms with Gasteiger partial charge in [0.15, 0.2) is 0 Å². The maximum atomic E-state index is 12.5. The van der Waals surface area contributed by atoms with E-state index in [9.17, 15) is 9.59 Å². The number of nitrogens with one attached hydrogen (secondary N) is 2. The summed E-state index contributed by atoms with van der Waals surface area (Å²) >= 11 is 0. The standard InChI is InChI=1S/C24H22N2O2/c27-23(16-17-10-12-19(13-11-17)18-6-2-1-3-7-18)26-22-9-5-4-8-21(22)24(28)25-20-14-15-20/h1-13,20H,14-16H2,(H,25,28)(H,26,27). The lowest BCUT2D eigenvalue weighted by Gasteiger charge is -2.11. The lowest BCUT2D eigenvalue weighted by Crippen LogP contribution is -2.27. The molecule has 0 saturated heterocycles. The van der Waals surface area contributed by atoms with Crippen LogP contribution in [0.5, 0.6) is 0 Å². The number of para-hydroxylation sites is 1. The van der Waals surface area contributed by atoms with E-state index in [0.29, 0.717) is 11.3 Å². The van der Waals surface area contributed by atoms with E-state index in [1.807, 2.05) is 48.5 Å². The van der Waals surface area contributed by atoms with Crippen LogP contribution in [0.2, 0.25) is 0 Å². The van der Waals surface area contributed by atoms with E-state index >= 15 is 0 Å². The summed E-state index contributed by atoms with van der Waals surface area (Å²) < 4.78 is 0. The molecule has 4 nitrogen and oxygen atoms in total. The van der Waals surface area contributed by atoms with Gasteiger partial charge in [-0.3, -0.25) is 9.59 Å². The monoisotopic (exact) mass is 370 g/mol. The van der Waals surface area contributed by atoms with E-state index < -0.39 is 0 Å². The number of anilines is 1. The average Bonchev–Trinajstić information content (AvgIpc) is 3.53. The first-order valence-electron chi connectivity index (χ1n) is 9.53. The van der Waals surface area contributed by atoms with Crippen molar-refractivity contribution < 1.29 is 9.59 Å². The average molecular weight is 370 g/mol. The fraction of sp³-hybridized carbons (Fsp3) is 0.167. The van der Waals surface area contributed by atoms with Gasteiger partial charge in [0, 0.05) is 6.04 Å². The third kappa shape index (κ3) is 4.46. The Kier molecular flexibility index (Phi) is 5.20. The molecule has 1 aliphatic carbocycles. The van der Waals surface area contributed by atoms with E-state index in [-0.39, 0.29) is 24.3 Å². The second kappa shape index (κ2) is 8.09. The highest BCUT2D eigenvalue weighted by atomic mass is 16.2. The highest BCUT2D eigenvalue weighted by Gasteiger charge is 2.25. The molecule has 2 N–H and O–H groups in total. The molecule has 0 atom stereocenters. The van der Waals surface area contributed by atoms with Crippen LogP contribution in [0.3, 0.4) is 0 Å². The van der Waals surface area contributed by atoms with Gasteiger partial charge in [0.2, 0.25) is 5.91 Å². The van der Waals surface area contributed by atoms with Crippen molar-refractivity contribution in [1.29, 1.82) is 0 Å². The SMILES string of the molecule is O=C(Cc1ccc(-c2ccccc2)cc1)Nc1ccccc1C(=O)NC1CC1. The molecule has 0 spiro atoms. The summed E-state index contributed by atoms with van der Waals surface area (Å²) in [6.45, 7) is 0. The first-order valence-corrected chi connectivity index (χ1v) is 9.53. The number of hydrogen-bond acceptors (Lipinski definition) is 2. The molecule has 28 heavy (non-hydrogen) atoms. The number of carbonyl (C=O) groups is 2. The first-order chi connectivity index (χ1) is 13.7. The molecule has 0 heterocycles. The summed E-state index contributed by atoms with van der Waals surface area (Å²) in [6.07, 6.45) is 2.31. The van der Waals surface area contributed by atoms with Crippen LogP contribution < -0.4 is 10.6 Å². The van der Waals surface area contributed by atoms with Crippen LogP contribution in [0.25, 0.3) is 11.1 Å². The van der Waals surface area contributed by atoms with E-state index in [4.69, 9.17) is 0 Å². The normalized spacial score (nSPS) is 13.0. The zero-order valence-electron chi connectivity index (χ0n) is 15.5. The molecule has 4 rings (SSSR count). The Hall–Kier alpha value is -3.40. The molecule has 2 amide bonds. The Morgan fingerprint density at radius 2 is 1.43 bits per heavy atom. The van der Waals surface area contributed by atoms with Crippen molar-refractivity contribution in [2.45, 2.75) is 25.3 Å². The van der Waals surface area contributed by atoms with Crippen molar-refractivity contribution in [3.8, 4) is 11.1 Å². The minimum absolute atomic E-state index is 0.134. The van der Waals surface area contributed by atoms with E-state index in [1.165, 1.54) is 0 Å². The van der Waals surface area contributed by atoms with Crippen molar-refractivity contribution in [1.82, 2.24) is 5.32 Å². The molecular weight excluding hydrogens is 348 g/mol. The van der Waals surface area contributed by atoms with Crippen molar-refractivity contribution in [3.05, 3.63) is 90.0 Å². The molecule has 0 aromatic heterocycles. The zero-order chi connectivity index (χ0) is 19.3. The summed E-state index contributed by atoms with van der Waals surface area (Å²) in [4.78, 5) is 24.9. The first kappa shape index (κ1) is 18.0. The van der Waals surface area contributed by atoms with Gasteiger partial charge in [-0.25, -0.2) is 0 Å². The maximum absolute atomic E-state index is 12.5. The predicted molar refractivity (Wildman–Crippen MR) is 111 cm³/mol. The Morgan fingerprint density at radius 3 is 2.14 bits per heavy atom. The van der Waals surface area contributed by atoms with Crippen molar-refractivity contribution in [2.75, 3.05) is 5.32 Å². The predicted octanol–water partition coefficient (Wildman–Crippen LogP) is 4.43. The van der Waals surface area contributed by atoms with Crippen molar-refractivity contribution in [3.63, 3.8) is 0 Å². The third-order valence-corrected chi connectivity index (χ3v) is 4.78. The maximum Gasteiger partial charge on any atom is 0.253 e. The fourth-order valence-electron chi connectivity index (χ4n) is 3.11. The minimum atomic E-state index is -0.140. The second-order valence-electron chi connectivity index (χ2n) is 7.08. The largest absolute Gasteiger partial charge is 0.349 e. The van der Waals surface area contributed by atoms with E-state index in [1.54, 1.807) is 18.2 Å². The highest BCUT2D eigenvalue weighted by Crippen LogP contribution is 2.22. The van der Waals surface area contributed by atoms with Gasteiger partial charge in [-0.15, -0.1) is 0 Å². The van der Waals surface area contributed by atoms with Gasteiger partial charge in [0.25, 0.3) is 5.91 Å². The van der Waals surface area contributed by atoms with Gasteiger partial charge in [-0.2, -0.15) is 0 Å². The minimum Gasteiger partial charge on any atom is -0.349 e. The van der Waals surface area contributed by atoms with Crippen LogP contribution in [-0.2, 0) is 11.2 Å². The van der Waals surface area contributed by atoms with Crippen LogP contribution >= 0.6 is 0 Å². The van der Waals surface area contributed by atoms with Gasteiger partial charge < -0.3 is 10.6 Å². The summed E-state index contributed by atoms with van der Waals surface area (Å²) in [5.41, 5.74) is 4.24. The van der Waals surface area contributed by atoms with Crippen LogP contribution in [-0.4, -0.2) is 17.9 Å². The smallest absolute Gasteiger partial charge is 0.253 e. The lowest BCUT2D eigenvalue weighted by atomic mass is 10.0. The number of rotatable bonds is 6. The van der Waals surface area contributed by atoms with Gasteiger partial charge in [0.1, 0.15) is 0 Å². The molecule has 3 aromatic carbocycles. The Bertz CT molecular complexity index is 977. The quantitative estimate of drug-likeness (QED) is 0.674. The number of hydrogen-bond donors (Lipinski definition) is 2. The van der Waals surface area contributed by atoms with Crippen molar-refractivity contribution >= 4 is 17.5 Å². The van der Waals surface area contributed by atoms with Gasteiger partial charge >= 0.3 is 0 Å². The zero-order valence-corrected chi connectivity index (χ0v) is 15.5. The van der Waals surface area contributed by atoms with Gasteiger partial charge in [-0.1, -0.05) is 66.7 Å². The third-order valence-electron chi connectivity index (χ3n) is 4.78. The van der Waals surface area contributed by atoms with Crippen LogP contribution in [0.1, 0.15) is 28.8 Å². The van der Waals surface area contributed by atoms with Crippen molar-refractivity contribution in [2.24, 2.45) is 0 Å². The number of carbonyl (C=O) groups excluding carboxylic acids is 2. The molecule has 0 radical (unpaired) electrons. The molecule has 1 fully saturated rings. The molecule has 140 valence electrons. The Morgan fingerprint density at radius 1 is 0.786 bits per heavy atom. The van der Waals surface area contributed by atoms with Gasteiger partial charge in [-0.05, 0) is 41.7 Å². The molecule has 0 unspecified atom stereocenters. The van der Waals surface area contributed by atoms with E-state index in [2.05, 4.69) is 22.8 Å². The summed E-state index contributed by atoms with van der Waals surface area (Å²) in [5, 5.41) is 5.85. The molecular formula is C24H22N2O2. The lowest BCUT2D eigenvalue weighted by molar-refractivity contribution is -0.115. The second-order valence-corrected chi connectivity index (χ2v) is 7.08. The number of benzene rings is 3. The summed E-state index contributed by atoms with van der Waals surface area (Å²) in [6, 6.07) is 25.5. The molecule has 3 aromatic rings. The Labute approximate surface area is 164 Å². The van der Waals surface area contributed by atoms with Crippen LogP contribution in [0.4, 0.5) is 5.69 Å². The van der Waals surface area contributed by atoms with Gasteiger partial charge in [0.05, 0.1) is 17.7 Å². The van der Waals surface area contributed by atoms with Crippen LogP contribution in [0.15, 0.2) is 78.9 Å².